The smallest absolute Gasteiger partial charge is 0.224 e. The number of carbonyl (C=O) groups is 1. The van der Waals surface area contributed by atoms with Gasteiger partial charge < -0.3 is 20.1 Å². The third-order valence-electron chi connectivity index (χ3n) is 4.27. The van der Waals surface area contributed by atoms with Gasteiger partial charge in [0, 0.05) is 55.4 Å². The zero-order valence-corrected chi connectivity index (χ0v) is 20.5. The van der Waals surface area contributed by atoms with Gasteiger partial charge in [-0.05, 0) is 31.2 Å². The van der Waals surface area contributed by atoms with Crippen molar-refractivity contribution in [3.63, 3.8) is 0 Å². The number of halogens is 4. The second-order valence-electron chi connectivity index (χ2n) is 6.87. The minimum Gasteiger partial charge on any atom is -0.491 e. The van der Waals surface area contributed by atoms with Crippen LogP contribution in [0, 0.1) is 5.82 Å². The average Bonchev–Trinajstić information content (AvgIpc) is 2.73. The summed E-state index contributed by atoms with van der Waals surface area (Å²) in [5.74, 6) is -0.458. The molecule has 10 heteroatoms. The van der Waals surface area contributed by atoms with Crippen LogP contribution in [-0.2, 0) is 9.53 Å². The molecule has 2 N–H and O–H groups in total. The van der Waals surface area contributed by atoms with Crippen LogP contribution in [-0.4, -0.2) is 36.2 Å². The molecule has 0 fully saturated rings. The predicted octanol–water partition coefficient (Wildman–Crippen LogP) is 6.74. The Morgan fingerprint density at radius 3 is 2.36 bits per heavy atom. The lowest BCUT2D eigenvalue weighted by Gasteiger charge is -2.15. The molecule has 2 aromatic rings. The number of ether oxygens (including phenoxy) is 2. The van der Waals surface area contributed by atoms with Crippen molar-refractivity contribution in [3.05, 3.63) is 54.4 Å². The van der Waals surface area contributed by atoms with Gasteiger partial charge in [-0.2, -0.15) is 0 Å². The van der Waals surface area contributed by atoms with Gasteiger partial charge in [0.2, 0.25) is 5.91 Å². The third kappa shape index (κ3) is 9.21. The van der Waals surface area contributed by atoms with Crippen molar-refractivity contribution in [2.24, 2.45) is 4.99 Å². The molecule has 0 bridgehead atoms. The van der Waals surface area contributed by atoms with Crippen molar-refractivity contribution in [2.75, 3.05) is 31.0 Å². The van der Waals surface area contributed by atoms with E-state index in [4.69, 9.17) is 44.3 Å². The van der Waals surface area contributed by atoms with Crippen molar-refractivity contribution in [1.82, 2.24) is 0 Å². The first kappa shape index (κ1) is 26.9. The third-order valence-corrected chi connectivity index (χ3v) is 4.84. The normalized spacial score (nSPS) is 11.5. The van der Waals surface area contributed by atoms with Crippen molar-refractivity contribution in [3.8, 4) is 5.75 Å². The van der Waals surface area contributed by atoms with Gasteiger partial charge in [0.25, 0.3) is 0 Å². The number of amides is 1. The number of anilines is 2. The number of methoxy groups -OCH3 is 1. The number of nitrogens with zero attached hydrogens (tertiary/aromatic N) is 1. The molecule has 0 aliphatic carbocycles. The predicted molar refractivity (Wildman–Crippen MR) is 135 cm³/mol. The zero-order valence-electron chi connectivity index (χ0n) is 18.3. The van der Waals surface area contributed by atoms with Crippen molar-refractivity contribution < 1.29 is 18.7 Å². The number of nitrogens with one attached hydrogen (secondary N) is 2. The Kier molecular flexibility index (Phi) is 10.4. The van der Waals surface area contributed by atoms with E-state index >= 15 is 0 Å². The first-order chi connectivity index (χ1) is 15.6. The monoisotopic (exact) mass is 515 g/mol. The first-order valence-corrected chi connectivity index (χ1v) is 11.1. The first-order valence-electron chi connectivity index (χ1n) is 10.00. The van der Waals surface area contributed by atoms with Crippen LogP contribution >= 0.6 is 34.8 Å². The molecular formula is C23H25Cl3FN3O3. The fourth-order valence-corrected chi connectivity index (χ4v) is 3.07. The lowest BCUT2D eigenvalue weighted by atomic mass is 10.1. The Morgan fingerprint density at radius 1 is 1.15 bits per heavy atom. The summed E-state index contributed by atoms with van der Waals surface area (Å²) in [7, 11) is 1.56. The molecule has 0 aliphatic heterocycles. The Morgan fingerprint density at radius 2 is 1.79 bits per heavy atom. The number of hydrogen-bond acceptors (Lipinski definition) is 5. The van der Waals surface area contributed by atoms with Crippen LogP contribution in [0.4, 0.5) is 21.5 Å². The van der Waals surface area contributed by atoms with E-state index in [9.17, 15) is 9.18 Å². The fraction of sp³-hybridized carbons (Fsp3) is 0.304. The molecule has 0 saturated carbocycles. The molecular weight excluding hydrogens is 492 g/mol. The van der Waals surface area contributed by atoms with Crippen LogP contribution in [0.1, 0.15) is 25.3 Å². The molecule has 0 spiro atoms. The Balaban J connectivity index is 2.09. The highest BCUT2D eigenvalue weighted by Gasteiger charge is 2.21. The lowest BCUT2D eigenvalue weighted by Crippen LogP contribution is -2.14. The van der Waals surface area contributed by atoms with Crippen molar-refractivity contribution >= 4 is 69.7 Å². The maximum Gasteiger partial charge on any atom is 0.224 e. The summed E-state index contributed by atoms with van der Waals surface area (Å²) in [5, 5.41) is 5.78. The quantitative estimate of drug-likeness (QED) is 0.197. The van der Waals surface area contributed by atoms with Crippen LogP contribution in [0.5, 0.6) is 5.75 Å². The average molecular weight is 517 g/mol. The molecule has 0 atom stereocenters. The second kappa shape index (κ2) is 12.8. The van der Waals surface area contributed by atoms with E-state index in [1.807, 2.05) is 0 Å². The molecule has 178 valence electrons. The Bertz CT molecular complexity index is 993. The molecule has 0 unspecified atom stereocenters. The highest BCUT2D eigenvalue weighted by atomic mass is 35.6. The minimum absolute atomic E-state index is 0.0679. The summed E-state index contributed by atoms with van der Waals surface area (Å²) >= 11 is 17.0. The SMILES string of the molecule is C=C(Nc1ccc(NC(=O)CCC(Cl)(Cl)Cl)cc1)c1c(F)cc(OCCOC)cc1N=CC. The summed E-state index contributed by atoms with van der Waals surface area (Å²) in [6.45, 7) is 6.36. The standard InChI is InChI=1S/C23H25Cl3FN3O3/c1-4-28-20-14-18(33-12-11-32-3)13-19(27)22(20)15(2)29-16-5-7-17(8-6-16)30-21(31)9-10-23(24,25)26/h4-8,13-14,29H,2,9-12H2,1,3H3,(H,30,31). The van der Waals surface area contributed by atoms with Gasteiger partial charge in [0.15, 0.2) is 3.79 Å². The molecule has 33 heavy (non-hydrogen) atoms. The molecule has 0 aliphatic rings. The second-order valence-corrected chi connectivity index (χ2v) is 9.39. The van der Waals surface area contributed by atoms with Crippen molar-refractivity contribution in [2.45, 2.75) is 23.6 Å². The molecule has 0 saturated heterocycles. The van der Waals surface area contributed by atoms with E-state index in [0.29, 0.717) is 35.1 Å². The number of benzene rings is 2. The van der Waals surface area contributed by atoms with Crippen molar-refractivity contribution in [1.29, 1.82) is 0 Å². The van der Waals surface area contributed by atoms with E-state index in [-0.39, 0.29) is 30.9 Å². The molecule has 0 aromatic heterocycles. The summed E-state index contributed by atoms with van der Waals surface area (Å²) in [6.07, 6.45) is 1.73. The molecule has 2 rings (SSSR count). The lowest BCUT2D eigenvalue weighted by molar-refractivity contribution is -0.116. The van der Waals surface area contributed by atoms with Gasteiger partial charge in [0.1, 0.15) is 18.2 Å². The van der Waals surface area contributed by atoms with E-state index < -0.39 is 9.61 Å². The zero-order chi connectivity index (χ0) is 24.4. The van der Waals surface area contributed by atoms with Crippen LogP contribution in [0.3, 0.4) is 0 Å². The van der Waals surface area contributed by atoms with Gasteiger partial charge in [-0.15, -0.1) is 0 Å². The molecule has 1 amide bonds. The highest BCUT2D eigenvalue weighted by molar-refractivity contribution is 6.67. The molecule has 0 heterocycles. The molecule has 2 aromatic carbocycles. The maximum atomic E-state index is 14.9. The topological polar surface area (TPSA) is 72.0 Å². The summed E-state index contributed by atoms with van der Waals surface area (Å²) in [4.78, 5) is 16.2. The summed E-state index contributed by atoms with van der Waals surface area (Å²) in [6, 6.07) is 9.74. The van der Waals surface area contributed by atoms with E-state index in [1.165, 1.54) is 6.07 Å². The number of carbonyl (C=O) groups excluding carboxylic acids is 1. The van der Waals surface area contributed by atoms with Crippen LogP contribution in [0.15, 0.2) is 48.0 Å². The number of alkyl halides is 3. The van der Waals surface area contributed by atoms with E-state index in [0.717, 1.165) is 0 Å². The Labute approximate surface area is 207 Å². The molecule has 0 radical (unpaired) electrons. The fourth-order valence-electron chi connectivity index (χ4n) is 2.79. The number of aliphatic imine (C=N–C) groups is 1. The van der Waals surface area contributed by atoms with Crippen LogP contribution in [0.25, 0.3) is 5.70 Å². The van der Waals surface area contributed by atoms with Crippen LogP contribution < -0.4 is 15.4 Å². The number of hydrogen-bond donors (Lipinski definition) is 2. The van der Waals surface area contributed by atoms with Gasteiger partial charge >= 0.3 is 0 Å². The van der Waals surface area contributed by atoms with Crippen LogP contribution in [0.2, 0.25) is 0 Å². The van der Waals surface area contributed by atoms with E-state index in [2.05, 4.69) is 22.2 Å². The highest BCUT2D eigenvalue weighted by Crippen LogP contribution is 2.34. The van der Waals surface area contributed by atoms with Gasteiger partial charge in [-0.1, -0.05) is 41.4 Å². The minimum atomic E-state index is -1.48. The summed E-state index contributed by atoms with van der Waals surface area (Å²) < 4.78 is 23.9. The van der Waals surface area contributed by atoms with Gasteiger partial charge in [-0.25, -0.2) is 4.39 Å². The van der Waals surface area contributed by atoms with E-state index in [1.54, 1.807) is 50.6 Å². The van der Waals surface area contributed by atoms with Gasteiger partial charge in [-0.3, -0.25) is 9.79 Å². The Hall–Kier alpha value is -2.32. The van der Waals surface area contributed by atoms with Gasteiger partial charge in [0.05, 0.1) is 17.9 Å². The summed E-state index contributed by atoms with van der Waals surface area (Å²) in [5.41, 5.74) is 2.12. The maximum absolute atomic E-state index is 14.9. The largest absolute Gasteiger partial charge is 0.491 e. The molecule has 6 nitrogen and oxygen atoms in total. The number of rotatable bonds is 11.